The summed E-state index contributed by atoms with van der Waals surface area (Å²) in [6.07, 6.45) is 3.06. The molecule has 0 amide bonds. The molecule has 7 aromatic rings. The number of furan rings is 1. The third-order valence-electron chi connectivity index (χ3n) is 7.04. The van der Waals surface area contributed by atoms with Gasteiger partial charge in [0, 0.05) is 37.9 Å². The van der Waals surface area contributed by atoms with Gasteiger partial charge in [0.2, 0.25) is 0 Å². The van der Waals surface area contributed by atoms with Gasteiger partial charge in [0.25, 0.3) is 0 Å². The SMILES string of the molecule is CC(=O)/C=C(/C)O.[Ir].[c-]1c(-c2nccc3c2ccc2ccccc23)cc(-c2ccccc2)c2cc(-c3ccccc3)oc12. The number of carbonyl (C=O) groups excluding carboxylic acids is 1. The summed E-state index contributed by atoms with van der Waals surface area (Å²) < 4.78 is 6.38. The van der Waals surface area contributed by atoms with Gasteiger partial charge in [-0.15, -0.1) is 11.6 Å². The van der Waals surface area contributed by atoms with Crippen LogP contribution in [0.25, 0.3) is 66.2 Å². The number of carbonyl (C=O) groups is 1. The molecule has 0 aliphatic rings. The van der Waals surface area contributed by atoms with Crippen molar-refractivity contribution in [3.63, 3.8) is 0 Å². The second-order valence-corrected chi connectivity index (χ2v) is 10.1. The van der Waals surface area contributed by atoms with Crippen molar-refractivity contribution in [3.05, 3.63) is 139 Å². The smallest absolute Gasteiger partial charge is 0.155 e. The molecule has 5 aromatic carbocycles. The zero-order valence-electron chi connectivity index (χ0n) is 23.7. The molecule has 2 aromatic heterocycles. The summed E-state index contributed by atoms with van der Waals surface area (Å²) in [5.74, 6) is 0.774. The molecular weight excluding hydrogens is 711 g/mol. The quantitative estimate of drug-likeness (QED) is 0.0846. The predicted octanol–water partition coefficient (Wildman–Crippen LogP) is 9.97. The van der Waals surface area contributed by atoms with E-state index in [4.69, 9.17) is 14.5 Å². The van der Waals surface area contributed by atoms with E-state index < -0.39 is 0 Å². The minimum Gasteiger partial charge on any atom is -0.512 e. The minimum atomic E-state index is -0.125. The van der Waals surface area contributed by atoms with Crippen LogP contribution in [0.3, 0.4) is 0 Å². The largest absolute Gasteiger partial charge is 0.512 e. The number of hydrogen-bond donors (Lipinski definition) is 1. The fourth-order valence-corrected chi connectivity index (χ4v) is 5.24. The fraction of sp³-hybridized carbons (Fsp3) is 0.0526. The molecule has 5 heteroatoms. The second-order valence-electron chi connectivity index (χ2n) is 10.1. The molecular formula is C38H28IrNO3-. The Kier molecular flexibility index (Phi) is 8.96. The molecule has 0 saturated heterocycles. The van der Waals surface area contributed by atoms with Crippen molar-refractivity contribution < 1.29 is 34.4 Å². The van der Waals surface area contributed by atoms with Crippen LogP contribution >= 0.6 is 0 Å². The van der Waals surface area contributed by atoms with E-state index in [1.807, 2.05) is 30.5 Å². The van der Waals surface area contributed by atoms with Gasteiger partial charge in [0.1, 0.15) is 5.76 Å². The summed E-state index contributed by atoms with van der Waals surface area (Å²) in [5.41, 5.74) is 5.86. The number of benzene rings is 5. The Bertz CT molecular complexity index is 2080. The number of aromatic nitrogens is 1. The van der Waals surface area contributed by atoms with Crippen LogP contribution in [0.15, 0.2) is 138 Å². The third kappa shape index (κ3) is 6.34. The molecule has 4 nitrogen and oxygen atoms in total. The Morgan fingerprint density at radius 2 is 1.42 bits per heavy atom. The van der Waals surface area contributed by atoms with E-state index >= 15 is 0 Å². The van der Waals surface area contributed by atoms with Crippen LogP contribution in [0.4, 0.5) is 0 Å². The van der Waals surface area contributed by atoms with Crippen LogP contribution < -0.4 is 0 Å². The van der Waals surface area contributed by atoms with E-state index in [1.165, 1.54) is 36.1 Å². The van der Waals surface area contributed by atoms with Gasteiger partial charge >= 0.3 is 0 Å². The topological polar surface area (TPSA) is 63.3 Å². The zero-order valence-corrected chi connectivity index (χ0v) is 26.1. The van der Waals surface area contributed by atoms with Gasteiger partial charge in [0.05, 0.1) is 11.3 Å². The van der Waals surface area contributed by atoms with Crippen molar-refractivity contribution in [1.29, 1.82) is 0 Å². The Balaban J connectivity index is 0.000000415. The molecule has 0 aliphatic heterocycles. The molecule has 0 saturated carbocycles. The summed E-state index contributed by atoms with van der Waals surface area (Å²) in [4.78, 5) is 14.8. The van der Waals surface area contributed by atoms with E-state index in [9.17, 15) is 4.79 Å². The molecule has 2 heterocycles. The first-order valence-corrected chi connectivity index (χ1v) is 13.7. The minimum absolute atomic E-state index is 0. The molecule has 0 spiro atoms. The number of fused-ring (bicyclic) bond motifs is 4. The van der Waals surface area contributed by atoms with Crippen molar-refractivity contribution in [1.82, 2.24) is 4.98 Å². The first kappa shape index (κ1) is 29.7. The Hall–Kier alpha value is -4.83. The van der Waals surface area contributed by atoms with Crippen molar-refractivity contribution in [2.24, 2.45) is 0 Å². The molecule has 7 rings (SSSR count). The van der Waals surface area contributed by atoms with Crippen LogP contribution in [0.2, 0.25) is 0 Å². The molecule has 213 valence electrons. The Morgan fingerprint density at radius 1 is 0.744 bits per heavy atom. The van der Waals surface area contributed by atoms with E-state index in [2.05, 4.69) is 97.1 Å². The van der Waals surface area contributed by atoms with Gasteiger partial charge in [-0.2, -0.15) is 0 Å². The number of allylic oxidation sites excluding steroid dienone is 2. The van der Waals surface area contributed by atoms with Crippen molar-refractivity contribution in [2.75, 3.05) is 0 Å². The standard InChI is InChI=1S/C33H20NO.C5H8O2.Ir/c1-3-9-22(10-4-1)29-19-25(20-32-30(29)21-31(35-32)24-12-5-2-6-13-24)33-28-16-15-23-11-7-8-14-26(23)27(28)17-18-34-33;1-4(6)3-5(2)7;/h1-19,21H;3,6H,1-2H3;/q-1;;/b;4-3-;. The fourth-order valence-electron chi connectivity index (χ4n) is 5.24. The average molecular weight is 739 g/mol. The summed E-state index contributed by atoms with van der Waals surface area (Å²) in [5, 5.41) is 14.1. The maximum absolute atomic E-state index is 10.0. The maximum Gasteiger partial charge on any atom is 0.155 e. The van der Waals surface area contributed by atoms with Crippen LogP contribution in [-0.4, -0.2) is 15.9 Å². The Labute approximate surface area is 263 Å². The van der Waals surface area contributed by atoms with E-state index in [-0.39, 0.29) is 31.6 Å². The van der Waals surface area contributed by atoms with Gasteiger partial charge < -0.3 is 14.5 Å². The third-order valence-corrected chi connectivity index (χ3v) is 7.04. The normalized spacial score (nSPS) is 11.2. The summed E-state index contributed by atoms with van der Waals surface area (Å²) in [6.45, 7) is 2.85. The van der Waals surface area contributed by atoms with Crippen LogP contribution in [0.5, 0.6) is 0 Å². The van der Waals surface area contributed by atoms with Gasteiger partial charge in [-0.25, -0.2) is 0 Å². The van der Waals surface area contributed by atoms with Crippen LogP contribution in [0.1, 0.15) is 13.8 Å². The van der Waals surface area contributed by atoms with Crippen molar-refractivity contribution >= 4 is 38.3 Å². The number of hydrogen-bond acceptors (Lipinski definition) is 4. The number of pyridine rings is 1. The molecule has 0 unspecified atom stereocenters. The zero-order chi connectivity index (χ0) is 29.1. The van der Waals surface area contributed by atoms with Gasteiger partial charge in [-0.1, -0.05) is 114 Å². The first-order chi connectivity index (χ1) is 20.5. The summed E-state index contributed by atoms with van der Waals surface area (Å²) in [7, 11) is 0. The molecule has 0 bridgehead atoms. The first-order valence-electron chi connectivity index (χ1n) is 13.7. The van der Waals surface area contributed by atoms with Gasteiger partial charge in [-0.05, 0) is 58.8 Å². The number of ketones is 1. The predicted molar refractivity (Wildman–Crippen MR) is 171 cm³/mol. The average Bonchev–Trinajstić information content (AvgIpc) is 3.45. The molecule has 0 fully saturated rings. The van der Waals surface area contributed by atoms with Crippen molar-refractivity contribution in [2.45, 2.75) is 13.8 Å². The van der Waals surface area contributed by atoms with E-state index in [0.717, 1.165) is 50.1 Å². The van der Waals surface area contributed by atoms with E-state index in [0.29, 0.717) is 0 Å². The number of nitrogens with zero attached hydrogens (tertiary/aromatic N) is 1. The summed E-state index contributed by atoms with van der Waals surface area (Å²) in [6, 6.07) is 43.4. The van der Waals surface area contributed by atoms with Crippen LogP contribution in [-0.2, 0) is 24.9 Å². The molecule has 43 heavy (non-hydrogen) atoms. The monoisotopic (exact) mass is 739 g/mol. The maximum atomic E-state index is 10.0. The second kappa shape index (κ2) is 13.0. The molecule has 1 N–H and O–H groups in total. The van der Waals surface area contributed by atoms with Gasteiger partial charge in [-0.3, -0.25) is 4.79 Å². The number of aliphatic hydroxyl groups is 1. The van der Waals surface area contributed by atoms with Crippen molar-refractivity contribution in [3.8, 4) is 33.7 Å². The number of rotatable bonds is 4. The van der Waals surface area contributed by atoms with Gasteiger partial charge in [0.15, 0.2) is 5.78 Å². The molecule has 0 aliphatic carbocycles. The summed E-state index contributed by atoms with van der Waals surface area (Å²) >= 11 is 0. The Morgan fingerprint density at radius 3 is 2.09 bits per heavy atom. The van der Waals surface area contributed by atoms with Crippen LogP contribution in [0, 0.1) is 6.07 Å². The molecule has 0 atom stereocenters. The molecule has 1 radical (unpaired) electrons. The van der Waals surface area contributed by atoms with E-state index in [1.54, 1.807) is 0 Å². The number of aliphatic hydroxyl groups excluding tert-OH is 1.